The van der Waals surface area contributed by atoms with E-state index in [-0.39, 0.29) is 58.8 Å². The van der Waals surface area contributed by atoms with E-state index in [9.17, 15) is 13.2 Å². The van der Waals surface area contributed by atoms with Crippen molar-refractivity contribution in [3.8, 4) is 22.9 Å². The van der Waals surface area contributed by atoms with Crippen molar-refractivity contribution in [2.45, 2.75) is 61.9 Å². The van der Waals surface area contributed by atoms with Crippen LogP contribution >= 0.6 is 0 Å². The molecule has 2 bridgehead atoms. The van der Waals surface area contributed by atoms with Crippen molar-refractivity contribution in [3.63, 3.8) is 0 Å². The summed E-state index contributed by atoms with van der Waals surface area (Å²) in [7, 11) is 0. The number of rotatable bonds is 4. The number of hydrogen-bond acceptors (Lipinski definition) is 8. The highest BCUT2D eigenvalue weighted by Gasteiger charge is 2.50. The summed E-state index contributed by atoms with van der Waals surface area (Å²) in [6.07, 6.45) is 3.18. The zero-order valence-corrected chi connectivity index (χ0v) is 22.3. The Kier molecular flexibility index (Phi) is 5.60. The molecule has 0 aliphatic carbocycles. The predicted molar refractivity (Wildman–Crippen MR) is 144 cm³/mol. The van der Waals surface area contributed by atoms with Gasteiger partial charge in [0.05, 0.1) is 17.0 Å². The highest BCUT2D eigenvalue weighted by Crippen LogP contribution is 2.46. The molecular formula is C29H30F4N6O2. The van der Waals surface area contributed by atoms with Gasteiger partial charge >= 0.3 is 6.01 Å². The van der Waals surface area contributed by atoms with Crippen LogP contribution in [0.25, 0.3) is 22.0 Å². The number of hydrogen-bond donors (Lipinski definition) is 2. The van der Waals surface area contributed by atoms with Crippen molar-refractivity contribution in [1.82, 2.24) is 20.2 Å². The van der Waals surface area contributed by atoms with Crippen LogP contribution in [0.1, 0.15) is 32.1 Å². The summed E-state index contributed by atoms with van der Waals surface area (Å²) in [5.74, 6) is -2.48. The molecule has 3 N–H and O–H groups in total. The highest BCUT2D eigenvalue weighted by molar-refractivity contribution is 5.99. The smallest absolute Gasteiger partial charge is 0.319 e. The summed E-state index contributed by atoms with van der Waals surface area (Å²) in [5.41, 5.74) is 4.66. The van der Waals surface area contributed by atoms with Crippen molar-refractivity contribution in [2.24, 2.45) is 0 Å². The molecular weight excluding hydrogens is 540 g/mol. The maximum Gasteiger partial charge on any atom is 0.319 e. The first-order chi connectivity index (χ1) is 19.8. The monoisotopic (exact) mass is 570 g/mol. The quantitative estimate of drug-likeness (QED) is 0.360. The number of fused-ring (bicyclic) bond motifs is 6. The molecule has 4 saturated heterocycles. The van der Waals surface area contributed by atoms with E-state index in [1.54, 1.807) is 0 Å². The van der Waals surface area contributed by atoms with E-state index in [4.69, 9.17) is 20.2 Å². The third kappa shape index (κ3) is 3.86. The van der Waals surface area contributed by atoms with Gasteiger partial charge in [0, 0.05) is 48.4 Å². The fourth-order valence-corrected chi connectivity index (χ4v) is 7.76. The van der Waals surface area contributed by atoms with E-state index in [0.717, 1.165) is 38.3 Å². The van der Waals surface area contributed by atoms with Gasteiger partial charge in [-0.3, -0.25) is 4.90 Å². The summed E-state index contributed by atoms with van der Waals surface area (Å²) < 4.78 is 72.5. The fourth-order valence-electron chi connectivity index (χ4n) is 7.76. The van der Waals surface area contributed by atoms with Crippen molar-refractivity contribution < 1.29 is 27.0 Å². The van der Waals surface area contributed by atoms with Gasteiger partial charge in [0.25, 0.3) is 0 Å². The Labute approximate surface area is 233 Å². The molecule has 0 radical (unpaired) electrons. The normalized spacial score (nSPS) is 30.3. The minimum Gasteiger partial charge on any atom is -0.491 e. The van der Waals surface area contributed by atoms with Gasteiger partial charge in [0.2, 0.25) is 0 Å². The minimum atomic E-state index is -1.22. The Morgan fingerprint density at radius 2 is 1.95 bits per heavy atom. The van der Waals surface area contributed by atoms with Gasteiger partial charge in [-0.2, -0.15) is 9.97 Å². The predicted octanol–water partition coefficient (Wildman–Crippen LogP) is 3.95. The third-order valence-electron chi connectivity index (χ3n) is 9.65. The molecule has 2 aromatic carbocycles. The standard InChI is InChI=1S/C29H30F4N6O2/c30-14-9-29(4-1-5-38(29)10-14)13-41-28-36-26-23-22(8-18(25(26)33)17-6-15(34)7-19(31)24(17)32)40-12-21-20-3-2-16(35-20)11-39(21)27(23)37-28/h6-8,14,16,20-21,35H,1-5,9-13,34H2/t14-,16+,20-,21-,29+/m1/s1. The summed E-state index contributed by atoms with van der Waals surface area (Å²) in [4.78, 5) is 13.5. The van der Waals surface area contributed by atoms with E-state index < -0.39 is 29.2 Å². The molecule has 8 rings (SSSR count). The molecule has 6 heterocycles. The van der Waals surface area contributed by atoms with E-state index in [1.165, 1.54) is 12.1 Å². The first-order valence-corrected chi connectivity index (χ1v) is 14.3. The number of nitrogens with one attached hydrogen (secondary N) is 1. The van der Waals surface area contributed by atoms with Crippen LogP contribution in [-0.2, 0) is 0 Å². The Bertz CT molecular complexity index is 1570. The van der Waals surface area contributed by atoms with E-state index in [2.05, 4.69) is 20.1 Å². The molecule has 5 aliphatic rings. The first-order valence-electron chi connectivity index (χ1n) is 14.3. The molecule has 4 fully saturated rings. The van der Waals surface area contributed by atoms with Gasteiger partial charge in [-0.15, -0.1) is 0 Å². The summed E-state index contributed by atoms with van der Waals surface area (Å²) >= 11 is 0. The van der Waals surface area contributed by atoms with E-state index >= 15 is 4.39 Å². The van der Waals surface area contributed by atoms with Crippen LogP contribution in [0.15, 0.2) is 18.2 Å². The van der Waals surface area contributed by atoms with Crippen molar-refractivity contribution in [2.75, 3.05) is 43.5 Å². The topological polar surface area (TPSA) is 88.8 Å². The van der Waals surface area contributed by atoms with Crippen molar-refractivity contribution >= 4 is 22.4 Å². The Balaban J connectivity index is 1.29. The maximum atomic E-state index is 16.4. The number of aromatic nitrogens is 2. The molecule has 0 spiro atoms. The van der Waals surface area contributed by atoms with Gasteiger partial charge < -0.3 is 25.4 Å². The van der Waals surface area contributed by atoms with Crippen LogP contribution in [-0.4, -0.2) is 77.6 Å². The summed E-state index contributed by atoms with van der Waals surface area (Å²) in [6.45, 7) is 2.30. The number of piperazine rings is 1. The lowest BCUT2D eigenvalue weighted by molar-refractivity contribution is 0.107. The molecule has 0 saturated carbocycles. The SMILES string of the molecule is Nc1cc(F)c(F)c(-c2cc3c4c(nc(OC[C@@]56CCCN5C[C@H](F)C6)nc4c2F)N2C[C@@H]4CC[C@@H](N4)[C@H]2CO3)c1. The average Bonchev–Trinajstić information content (AvgIpc) is 3.58. The van der Waals surface area contributed by atoms with Crippen molar-refractivity contribution in [1.29, 1.82) is 0 Å². The molecule has 12 heteroatoms. The molecule has 5 atom stereocenters. The third-order valence-corrected chi connectivity index (χ3v) is 9.65. The number of ether oxygens (including phenoxy) is 2. The lowest BCUT2D eigenvalue weighted by Gasteiger charge is -2.40. The van der Waals surface area contributed by atoms with Crippen LogP contribution < -0.4 is 25.4 Å². The largest absolute Gasteiger partial charge is 0.491 e. The fraction of sp³-hybridized carbons (Fsp3) is 0.517. The second kappa shape index (κ2) is 9.06. The number of nitrogens with two attached hydrogens (primary N) is 1. The molecule has 3 aromatic rings. The zero-order valence-electron chi connectivity index (χ0n) is 22.3. The number of nitrogens with zero attached hydrogens (tertiary/aromatic N) is 4. The van der Waals surface area contributed by atoms with E-state index in [0.29, 0.717) is 37.3 Å². The number of nitrogen functional groups attached to an aromatic ring is 1. The highest BCUT2D eigenvalue weighted by atomic mass is 19.2. The lowest BCUT2D eigenvalue weighted by atomic mass is 9.95. The first kappa shape index (κ1) is 25.3. The van der Waals surface area contributed by atoms with Crippen LogP contribution in [0, 0.1) is 17.5 Å². The molecule has 0 unspecified atom stereocenters. The Hall–Kier alpha value is -3.38. The van der Waals surface area contributed by atoms with Crippen LogP contribution in [0.3, 0.4) is 0 Å². The second-order valence-corrected chi connectivity index (χ2v) is 12.1. The maximum absolute atomic E-state index is 16.4. The van der Waals surface area contributed by atoms with Crippen LogP contribution in [0.2, 0.25) is 0 Å². The molecule has 216 valence electrons. The molecule has 8 nitrogen and oxygen atoms in total. The number of alkyl halides is 1. The molecule has 5 aliphatic heterocycles. The van der Waals surface area contributed by atoms with Gasteiger partial charge in [-0.05, 0) is 50.4 Å². The van der Waals surface area contributed by atoms with E-state index in [1.807, 2.05) is 0 Å². The Morgan fingerprint density at radius 1 is 1.10 bits per heavy atom. The van der Waals surface area contributed by atoms with Gasteiger partial charge in [0.1, 0.15) is 36.5 Å². The molecule has 1 aromatic heterocycles. The average molecular weight is 571 g/mol. The van der Waals surface area contributed by atoms with Crippen molar-refractivity contribution in [3.05, 3.63) is 35.7 Å². The summed E-state index contributed by atoms with van der Waals surface area (Å²) in [6, 6.07) is 3.72. The number of halogens is 4. The molecule has 0 amide bonds. The summed E-state index contributed by atoms with van der Waals surface area (Å²) in [5, 5.41) is 3.99. The molecule has 41 heavy (non-hydrogen) atoms. The number of benzene rings is 2. The lowest BCUT2D eigenvalue weighted by Crippen LogP contribution is -2.60. The van der Waals surface area contributed by atoms with Crippen LogP contribution in [0.4, 0.5) is 29.1 Å². The number of anilines is 2. The van der Waals surface area contributed by atoms with Gasteiger partial charge in [0.15, 0.2) is 17.5 Å². The minimum absolute atomic E-state index is 0.0382. The van der Waals surface area contributed by atoms with Gasteiger partial charge in [-0.1, -0.05) is 0 Å². The second-order valence-electron chi connectivity index (χ2n) is 12.1. The Morgan fingerprint density at radius 3 is 2.83 bits per heavy atom. The van der Waals surface area contributed by atoms with Crippen LogP contribution in [0.5, 0.6) is 11.8 Å². The van der Waals surface area contributed by atoms with Gasteiger partial charge in [-0.25, -0.2) is 17.6 Å². The zero-order chi connectivity index (χ0) is 28.0.